The molecular weight excluding hydrogens is 236 g/mol. The number of nitrogens with zero attached hydrogens (tertiary/aromatic N) is 1. The highest BCUT2D eigenvalue weighted by Crippen LogP contribution is 2.24. The number of nitrogens with one attached hydrogen (secondary N) is 1. The van der Waals surface area contributed by atoms with Crippen molar-refractivity contribution in [1.29, 1.82) is 0 Å². The minimum atomic E-state index is 0.360. The monoisotopic (exact) mass is 246 g/mol. The Morgan fingerprint density at radius 3 is 2.29 bits per heavy atom. The fourth-order valence-corrected chi connectivity index (χ4v) is 1.59. The molecule has 17 heavy (non-hydrogen) atoms. The zero-order valence-corrected chi connectivity index (χ0v) is 9.72. The van der Waals surface area contributed by atoms with Crippen molar-refractivity contribution in [2.45, 2.75) is 0 Å². The van der Waals surface area contributed by atoms with Crippen molar-refractivity contribution < 1.29 is 5.21 Å². The third kappa shape index (κ3) is 2.84. The highest BCUT2D eigenvalue weighted by molar-refractivity contribution is 6.33. The third-order valence-corrected chi connectivity index (χ3v) is 2.56. The van der Waals surface area contributed by atoms with E-state index in [1.54, 1.807) is 12.1 Å². The summed E-state index contributed by atoms with van der Waals surface area (Å²) in [7, 11) is 0. The molecule has 2 N–H and O–H groups in total. The molecule has 0 aliphatic carbocycles. The van der Waals surface area contributed by atoms with E-state index in [2.05, 4.69) is 10.5 Å². The predicted octanol–water partition coefficient (Wildman–Crippen LogP) is 3.40. The van der Waals surface area contributed by atoms with E-state index >= 15 is 0 Å². The Balaban J connectivity index is 2.40. The fraction of sp³-hybridized carbons (Fsp3) is 0. The molecule has 0 atom stereocenters. The average Bonchev–Trinajstić information content (AvgIpc) is 2.39. The van der Waals surface area contributed by atoms with Crippen molar-refractivity contribution in [2.24, 2.45) is 4.99 Å². The van der Waals surface area contributed by atoms with Gasteiger partial charge in [-0.05, 0) is 12.1 Å². The highest BCUT2D eigenvalue weighted by atomic mass is 35.5. The molecule has 2 aromatic rings. The third-order valence-electron chi connectivity index (χ3n) is 2.24. The number of hydrogen-bond donors (Lipinski definition) is 2. The van der Waals surface area contributed by atoms with Crippen LogP contribution in [0, 0.1) is 0 Å². The Morgan fingerprint density at radius 1 is 1.00 bits per heavy atom. The van der Waals surface area contributed by atoms with E-state index in [9.17, 15) is 0 Å². The van der Waals surface area contributed by atoms with Crippen LogP contribution in [0.2, 0.25) is 5.02 Å². The quantitative estimate of drug-likeness (QED) is 0.485. The molecule has 0 heterocycles. The molecule has 2 aromatic carbocycles. The highest BCUT2D eigenvalue weighted by Gasteiger charge is 2.03. The van der Waals surface area contributed by atoms with Gasteiger partial charge in [-0.25, -0.2) is 4.99 Å². The van der Waals surface area contributed by atoms with Crippen LogP contribution in [0.25, 0.3) is 0 Å². The van der Waals surface area contributed by atoms with Crippen LogP contribution in [0.1, 0.15) is 5.56 Å². The van der Waals surface area contributed by atoms with Crippen LogP contribution in [-0.4, -0.2) is 11.0 Å². The Kier molecular flexibility index (Phi) is 3.75. The van der Waals surface area contributed by atoms with Crippen LogP contribution in [0.3, 0.4) is 0 Å². The van der Waals surface area contributed by atoms with E-state index in [-0.39, 0.29) is 0 Å². The van der Waals surface area contributed by atoms with Gasteiger partial charge >= 0.3 is 0 Å². The van der Waals surface area contributed by atoms with Gasteiger partial charge in [0, 0.05) is 5.56 Å². The number of benzene rings is 2. The molecule has 0 saturated carbocycles. The molecular formula is C13H11ClN2O. The molecule has 86 valence electrons. The summed E-state index contributed by atoms with van der Waals surface area (Å²) in [6.45, 7) is 0. The Bertz CT molecular complexity index is 526. The van der Waals surface area contributed by atoms with Crippen LogP contribution in [0.15, 0.2) is 59.6 Å². The maximum absolute atomic E-state index is 9.11. The summed E-state index contributed by atoms with van der Waals surface area (Å²) in [5.74, 6) is 0.360. The van der Waals surface area contributed by atoms with Crippen molar-refractivity contribution in [1.82, 2.24) is 5.48 Å². The topological polar surface area (TPSA) is 44.6 Å². The number of amidine groups is 1. The molecule has 0 aliphatic rings. The van der Waals surface area contributed by atoms with Crippen LogP contribution >= 0.6 is 11.6 Å². The molecule has 4 heteroatoms. The molecule has 0 radical (unpaired) electrons. The summed E-state index contributed by atoms with van der Waals surface area (Å²) in [5.41, 5.74) is 3.48. The maximum Gasteiger partial charge on any atom is 0.157 e. The number of halogens is 1. The van der Waals surface area contributed by atoms with E-state index in [1.165, 1.54) is 0 Å². The van der Waals surface area contributed by atoms with Crippen LogP contribution in [0.5, 0.6) is 0 Å². The Labute approximate surface area is 104 Å². The first-order chi connectivity index (χ1) is 8.31. The number of hydroxylamine groups is 1. The summed E-state index contributed by atoms with van der Waals surface area (Å²) in [5, 5.41) is 9.65. The van der Waals surface area contributed by atoms with Gasteiger partial charge in [-0.2, -0.15) is 0 Å². The smallest absolute Gasteiger partial charge is 0.157 e. The molecule has 3 nitrogen and oxygen atoms in total. The van der Waals surface area contributed by atoms with Gasteiger partial charge in [0.1, 0.15) is 0 Å². The van der Waals surface area contributed by atoms with Gasteiger partial charge in [-0.3, -0.25) is 10.7 Å². The molecule has 0 spiro atoms. The second-order valence-corrected chi connectivity index (χ2v) is 3.80. The lowest BCUT2D eigenvalue weighted by Gasteiger charge is -2.05. The first-order valence-corrected chi connectivity index (χ1v) is 5.48. The van der Waals surface area contributed by atoms with E-state index in [0.29, 0.717) is 16.5 Å². The fourth-order valence-electron chi connectivity index (χ4n) is 1.41. The number of aliphatic imine (C=N–C) groups is 1. The second-order valence-electron chi connectivity index (χ2n) is 3.39. The normalized spacial score (nSPS) is 11.3. The van der Waals surface area contributed by atoms with Crippen LogP contribution in [-0.2, 0) is 0 Å². The number of hydrogen-bond acceptors (Lipinski definition) is 2. The van der Waals surface area contributed by atoms with Crippen molar-refractivity contribution in [2.75, 3.05) is 0 Å². The van der Waals surface area contributed by atoms with Crippen molar-refractivity contribution in [3.8, 4) is 0 Å². The molecule has 0 aromatic heterocycles. The van der Waals surface area contributed by atoms with Gasteiger partial charge in [0.2, 0.25) is 0 Å². The van der Waals surface area contributed by atoms with Gasteiger partial charge in [0.15, 0.2) is 5.84 Å². The van der Waals surface area contributed by atoms with Crippen LogP contribution in [0.4, 0.5) is 5.69 Å². The lowest BCUT2D eigenvalue weighted by atomic mass is 10.2. The summed E-state index contributed by atoms with van der Waals surface area (Å²) in [6, 6.07) is 16.5. The van der Waals surface area contributed by atoms with Gasteiger partial charge in [0.25, 0.3) is 0 Å². The minimum Gasteiger partial charge on any atom is -0.290 e. The molecule has 0 fully saturated rings. The van der Waals surface area contributed by atoms with Gasteiger partial charge in [-0.1, -0.05) is 54.1 Å². The van der Waals surface area contributed by atoms with Crippen molar-refractivity contribution in [3.63, 3.8) is 0 Å². The lowest BCUT2D eigenvalue weighted by Crippen LogP contribution is -2.19. The SMILES string of the molecule is ONC(=Nc1ccccc1Cl)c1ccccc1. The molecule has 0 amide bonds. The van der Waals surface area contributed by atoms with E-state index < -0.39 is 0 Å². The molecule has 0 unspecified atom stereocenters. The first kappa shape index (κ1) is 11.6. The zero-order valence-electron chi connectivity index (χ0n) is 8.97. The van der Waals surface area contributed by atoms with Gasteiger partial charge < -0.3 is 0 Å². The lowest BCUT2D eigenvalue weighted by molar-refractivity contribution is 0.235. The van der Waals surface area contributed by atoms with Gasteiger partial charge in [-0.15, -0.1) is 0 Å². The molecule has 0 aliphatic heterocycles. The van der Waals surface area contributed by atoms with E-state index in [4.69, 9.17) is 16.8 Å². The second kappa shape index (κ2) is 5.48. The average molecular weight is 247 g/mol. The van der Waals surface area contributed by atoms with Gasteiger partial charge in [0.05, 0.1) is 10.7 Å². The van der Waals surface area contributed by atoms with Crippen molar-refractivity contribution in [3.05, 3.63) is 65.2 Å². The van der Waals surface area contributed by atoms with E-state index in [1.807, 2.05) is 42.5 Å². The molecule has 2 rings (SSSR count). The van der Waals surface area contributed by atoms with Crippen LogP contribution < -0.4 is 5.48 Å². The Morgan fingerprint density at radius 2 is 1.65 bits per heavy atom. The largest absolute Gasteiger partial charge is 0.290 e. The minimum absolute atomic E-state index is 0.360. The predicted molar refractivity (Wildman–Crippen MR) is 69.0 cm³/mol. The summed E-state index contributed by atoms with van der Waals surface area (Å²) >= 11 is 6.00. The van der Waals surface area contributed by atoms with Crippen molar-refractivity contribution >= 4 is 23.1 Å². The molecule has 0 saturated heterocycles. The maximum atomic E-state index is 9.11. The Hall–Kier alpha value is -1.84. The number of para-hydroxylation sites is 1. The summed E-state index contributed by atoms with van der Waals surface area (Å²) in [4.78, 5) is 4.27. The standard InChI is InChI=1S/C13H11ClN2O/c14-11-8-4-5-9-12(11)15-13(16-17)10-6-2-1-3-7-10/h1-9,17H,(H,15,16). The zero-order chi connectivity index (χ0) is 12.1. The number of rotatable bonds is 2. The first-order valence-electron chi connectivity index (χ1n) is 5.10. The molecule has 0 bridgehead atoms. The summed E-state index contributed by atoms with van der Waals surface area (Å²) in [6.07, 6.45) is 0. The van der Waals surface area contributed by atoms with E-state index in [0.717, 1.165) is 5.56 Å². The summed E-state index contributed by atoms with van der Waals surface area (Å²) < 4.78 is 0.